The fraction of sp³-hybridized carbons (Fsp3) is 0.325. The van der Waals surface area contributed by atoms with E-state index in [9.17, 15) is 14.9 Å². The van der Waals surface area contributed by atoms with Crippen molar-refractivity contribution in [3.8, 4) is 34.2 Å². The summed E-state index contributed by atoms with van der Waals surface area (Å²) in [6.07, 6.45) is -0.330. The Morgan fingerprint density at radius 3 is 2.14 bits per heavy atom. The van der Waals surface area contributed by atoms with E-state index >= 15 is 4.39 Å². The highest BCUT2D eigenvalue weighted by atomic mass is 19.1. The van der Waals surface area contributed by atoms with Crippen molar-refractivity contribution in [1.82, 2.24) is 9.88 Å². The fourth-order valence-corrected chi connectivity index (χ4v) is 5.79. The largest absolute Gasteiger partial charge is 0.444 e. The van der Waals surface area contributed by atoms with Crippen LogP contribution in [0.2, 0.25) is 0 Å². The maximum Gasteiger partial charge on any atom is 0.410 e. The third kappa shape index (κ3) is 8.70. The Bertz CT molecular complexity index is 1990. The summed E-state index contributed by atoms with van der Waals surface area (Å²) < 4.78 is 26.9. The molecule has 0 saturated carbocycles. The maximum atomic E-state index is 15.9. The average Bonchev–Trinajstić information content (AvgIpc) is 3.07. The van der Waals surface area contributed by atoms with E-state index in [0.717, 1.165) is 11.8 Å². The molecule has 51 heavy (non-hydrogen) atoms. The molecular formula is C40H43FN6O4. The zero-order valence-electron chi connectivity index (χ0n) is 30.1. The Balaban J connectivity index is 1.52. The van der Waals surface area contributed by atoms with Crippen molar-refractivity contribution < 1.29 is 23.5 Å². The van der Waals surface area contributed by atoms with Gasteiger partial charge in [0.25, 0.3) is 0 Å². The summed E-state index contributed by atoms with van der Waals surface area (Å²) in [6, 6.07) is 22.3. The lowest BCUT2D eigenvalue weighted by atomic mass is 9.89. The van der Waals surface area contributed by atoms with E-state index in [2.05, 4.69) is 16.3 Å². The van der Waals surface area contributed by atoms with E-state index in [1.54, 1.807) is 42.2 Å². The predicted octanol–water partition coefficient (Wildman–Crippen LogP) is 8.30. The lowest BCUT2D eigenvalue weighted by Crippen LogP contribution is -2.50. The number of pyridine rings is 1. The van der Waals surface area contributed by atoms with Crippen molar-refractivity contribution in [1.29, 1.82) is 10.7 Å². The molecule has 2 N–H and O–H groups in total. The highest BCUT2D eigenvalue weighted by Crippen LogP contribution is 2.40. The summed E-state index contributed by atoms with van der Waals surface area (Å²) in [6.45, 7) is 15.3. The number of piperazine rings is 1. The minimum absolute atomic E-state index is 0.00588. The molecule has 0 radical (unpaired) electrons. The van der Waals surface area contributed by atoms with Gasteiger partial charge >= 0.3 is 12.1 Å². The minimum Gasteiger partial charge on any atom is -0.444 e. The second kappa shape index (κ2) is 14.6. The van der Waals surface area contributed by atoms with Crippen LogP contribution in [0.5, 0.6) is 5.75 Å². The summed E-state index contributed by atoms with van der Waals surface area (Å²) >= 11 is 0. The van der Waals surface area contributed by atoms with Crippen LogP contribution < -0.4 is 15.0 Å². The standard InChI is InChI=1S/C40H43FN6O4/c1-25(43)33-34(26-13-15-28(16-14-26)46-19-21-47(22-20-46)38(49)51-40(5,6)7)31(24-42)35(44-36(33)45-39(2,3)4)30-18-17-29(23-32(30)41)50-37(48)27-11-9-8-10-12-27/h8-18,23,43H,19-22H2,1-7H3,(H,44,45). The first-order chi connectivity index (χ1) is 24.0. The van der Waals surface area contributed by atoms with E-state index in [1.807, 2.05) is 65.8 Å². The third-order valence-electron chi connectivity index (χ3n) is 8.05. The summed E-state index contributed by atoms with van der Waals surface area (Å²) in [5.74, 6) is -1.02. The van der Waals surface area contributed by atoms with Crippen molar-refractivity contribution in [2.75, 3.05) is 36.4 Å². The number of nitriles is 1. The van der Waals surface area contributed by atoms with Crippen LogP contribution in [0.25, 0.3) is 22.4 Å². The third-order valence-corrected chi connectivity index (χ3v) is 8.05. The Hall–Kier alpha value is -5.76. The number of halogens is 1. The number of benzene rings is 3. The number of amides is 1. The van der Waals surface area contributed by atoms with Gasteiger partial charge in [-0.1, -0.05) is 30.3 Å². The normalized spacial score (nSPS) is 13.3. The predicted molar refractivity (Wildman–Crippen MR) is 197 cm³/mol. The topological polar surface area (TPSA) is 132 Å². The number of nitrogens with one attached hydrogen (secondary N) is 2. The molecule has 4 aromatic rings. The van der Waals surface area contributed by atoms with Gasteiger partial charge < -0.3 is 30.0 Å². The van der Waals surface area contributed by atoms with E-state index in [-0.39, 0.29) is 34.4 Å². The van der Waals surface area contributed by atoms with Crippen molar-refractivity contribution in [2.24, 2.45) is 0 Å². The number of nitrogens with zero attached hydrogens (tertiary/aromatic N) is 4. The molecule has 1 aromatic heterocycles. The first-order valence-electron chi connectivity index (χ1n) is 16.8. The van der Waals surface area contributed by atoms with Crippen molar-refractivity contribution >= 4 is 29.3 Å². The minimum atomic E-state index is -0.731. The van der Waals surface area contributed by atoms with Crippen molar-refractivity contribution in [2.45, 2.75) is 59.6 Å². The lowest BCUT2D eigenvalue weighted by molar-refractivity contribution is 0.0240. The molecule has 1 saturated heterocycles. The van der Waals surface area contributed by atoms with E-state index in [0.29, 0.717) is 54.3 Å². The van der Waals surface area contributed by atoms with Crippen molar-refractivity contribution in [3.05, 3.63) is 95.3 Å². The Morgan fingerprint density at radius 2 is 1.59 bits per heavy atom. The number of hydrogen-bond donors (Lipinski definition) is 2. The Labute approximate surface area is 298 Å². The molecule has 0 bridgehead atoms. The molecule has 0 aliphatic carbocycles. The van der Waals surface area contributed by atoms with E-state index in [1.165, 1.54) is 12.1 Å². The van der Waals surface area contributed by atoms with Crippen LogP contribution in [-0.2, 0) is 4.74 Å². The average molecular weight is 691 g/mol. The zero-order chi connectivity index (χ0) is 37.1. The highest BCUT2D eigenvalue weighted by Gasteiger charge is 2.29. The van der Waals surface area contributed by atoms with Crippen LogP contribution in [0.4, 0.5) is 20.7 Å². The van der Waals surface area contributed by atoms with Gasteiger partial charge in [-0.3, -0.25) is 0 Å². The van der Waals surface area contributed by atoms with Gasteiger partial charge in [-0.15, -0.1) is 0 Å². The van der Waals surface area contributed by atoms with E-state index < -0.39 is 22.9 Å². The number of carbonyl (C=O) groups is 2. The molecule has 1 aliphatic heterocycles. The van der Waals surface area contributed by atoms with E-state index in [4.69, 9.17) is 19.9 Å². The molecule has 1 aliphatic rings. The van der Waals surface area contributed by atoms with Gasteiger partial charge in [-0.05, 0) is 90.4 Å². The quantitative estimate of drug-likeness (QED) is 0.113. The second-order valence-corrected chi connectivity index (χ2v) is 14.4. The molecule has 5 rings (SSSR count). The molecule has 2 heterocycles. The fourth-order valence-electron chi connectivity index (χ4n) is 5.79. The number of anilines is 2. The summed E-state index contributed by atoms with van der Waals surface area (Å²) in [5.41, 5.74) is 2.14. The Morgan fingerprint density at radius 1 is 0.941 bits per heavy atom. The smallest absolute Gasteiger partial charge is 0.410 e. The monoisotopic (exact) mass is 690 g/mol. The molecule has 264 valence electrons. The van der Waals surface area contributed by atoms with Gasteiger partial charge in [0.15, 0.2) is 0 Å². The summed E-state index contributed by atoms with van der Waals surface area (Å²) in [4.78, 5) is 33.8. The molecule has 11 heteroatoms. The van der Waals surface area contributed by atoms with Gasteiger partial charge in [0.1, 0.15) is 29.1 Å². The number of rotatable bonds is 7. The summed E-state index contributed by atoms with van der Waals surface area (Å²) in [7, 11) is 0. The van der Waals surface area contributed by atoms with Crippen LogP contribution >= 0.6 is 0 Å². The number of hydrogen-bond acceptors (Lipinski definition) is 9. The maximum absolute atomic E-state index is 15.9. The Kier molecular flexibility index (Phi) is 10.5. The highest BCUT2D eigenvalue weighted by molar-refractivity contribution is 6.09. The molecule has 1 amide bonds. The van der Waals surface area contributed by atoms with Crippen LogP contribution in [0.1, 0.15) is 70.0 Å². The van der Waals surface area contributed by atoms with Crippen LogP contribution in [0.3, 0.4) is 0 Å². The molecule has 0 spiro atoms. The SMILES string of the molecule is CC(=N)c1c(NC(C)(C)C)nc(-c2ccc(OC(=O)c3ccccc3)cc2F)c(C#N)c1-c1ccc(N2CCN(C(=O)OC(C)(C)C)CC2)cc1. The number of aromatic nitrogens is 1. The van der Waals surface area contributed by atoms with Gasteiger partial charge in [0.05, 0.1) is 16.8 Å². The molecule has 0 unspecified atom stereocenters. The molecule has 1 fully saturated rings. The number of esters is 1. The molecular weight excluding hydrogens is 647 g/mol. The van der Waals surface area contributed by atoms with Gasteiger partial charge in [-0.2, -0.15) is 5.26 Å². The molecule has 3 aromatic carbocycles. The molecule has 0 atom stereocenters. The van der Waals surface area contributed by atoms with Gasteiger partial charge in [0, 0.05) is 65.9 Å². The van der Waals surface area contributed by atoms with Crippen molar-refractivity contribution in [3.63, 3.8) is 0 Å². The zero-order valence-corrected chi connectivity index (χ0v) is 30.1. The van der Waals surface area contributed by atoms with Gasteiger partial charge in [0.2, 0.25) is 0 Å². The number of ether oxygens (including phenoxy) is 2. The first kappa shape index (κ1) is 36.5. The summed E-state index contributed by atoms with van der Waals surface area (Å²) in [5, 5.41) is 22.8. The van der Waals surface area contributed by atoms with Crippen LogP contribution in [-0.4, -0.2) is 65.0 Å². The first-order valence-corrected chi connectivity index (χ1v) is 16.8. The number of carbonyl (C=O) groups excluding carboxylic acids is 2. The molecule has 10 nitrogen and oxygen atoms in total. The lowest BCUT2D eigenvalue weighted by Gasteiger charge is -2.36. The van der Waals surface area contributed by atoms with Crippen LogP contribution in [0, 0.1) is 22.6 Å². The van der Waals surface area contributed by atoms with Gasteiger partial charge in [-0.25, -0.2) is 19.0 Å². The van der Waals surface area contributed by atoms with Crippen LogP contribution in [0.15, 0.2) is 72.8 Å². The second-order valence-electron chi connectivity index (χ2n) is 14.4.